The number of nitro groups is 1. The molecule has 2 heterocycles. The molecule has 3 rings (SSSR count). The zero-order valence-corrected chi connectivity index (χ0v) is 12.5. The van der Waals surface area contributed by atoms with Crippen LogP contribution in [0.3, 0.4) is 0 Å². The predicted octanol–water partition coefficient (Wildman–Crippen LogP) is 3.08. The molecule has 1 N–H and O–H groups in total. The molecule has 106 valence electrons. The van der Waals surface area contributed by atoms with Crippen LogP contribution >= 0.6 is 15.9 Å². The fraction of sp³-hybridized carbons (Fsp3) is 0.462. The van der Waals surface area contributed by atoms with Crippen LogP contribution in [0.15, 0.2) is 18.2 Å². The van der Waals surface area contributed by atoms with Crippen molar-refractivity contribution in [1.29, 1.82) is 0 Å². The molecule has 1 saturated heterocycles. The Bertz CT molecular complexity index is 642. The zero-order chi connectivity index (χ0) is 14.1. The first kappa shape index (κ1) is 13.4. The third-order valence-electron chi connectivity index (χ3n) is 3.70. The van der Waals surface area contributed by atoms with E-state index in [1.54, 1.807) is 6.07 Å². The maximum absolute atomic E-state index is 10.8. The monoisotopic (exact) mass is 338 g/mol. The number of rotatable bonds is 3. The van der Waals surface area contributed by atoms with Gasteiger partial charge in [0.2, 0.25) is 5.95 Å². The highest BCUT2D eigenvalue weighted by Crippen LogP contribution is 2.26. The molecule has 7 heteroatoms. The summed E-state index contributed by atoms with van der Waals surface area (Å²) in [6.07, 6.45) is 2.38. The number of H-pyrrole nitrogens is 1. The number of nitro benzene ring substituents is 1. The summed E-state index contributed by atoms with van der Waals surface area (Å²) in [5.74, 6) is 1.44. The van der Waals surface area contributed by atoms with Crippen LogP contribution in [0.2, 0.25) is 0 Å². The molecule has 0 amide bonds. The van der Waals surface area contributed by atoms with E-state index in [0.29, 0.717) is 5.92 Å². The predicted molar refractivity (Wildman–Crippen MR) is 81.5 cm³/mol. The average molecular weight is 339 g/mol. The van der Waals surface area contributed by atoms with E-state index in [2.05, 4.69) is 30.8 Å². The number of hydrogen-bond acceptors (Lipinski definition) is 4. The number of non-ortho nitro benzene ring substituents is 1. The van der Waals surface area contributed by atoms with Crippen molar-refractivity contribution in [3.05, 3.63) is 28.3 Å². The number of imidazole rings is 1. The Morgan fingerprint density at radius 1 is 1.55 bits per heavy atom. The number of hydrogen-bond donors (Lipinski definition) is 1. The van der Waals surface area contributed by atoms with Crippen molar-refractivity contribution in [2.24, 2.45) is 5.92 Å². The van der Waals surface area contributed by atoms with Gasteiger partial charge < -0.3 is 9.88 Å². The van der Waals surface area contributed by atoms with Gasteiger partial charge in [-0.2, -0.15) is 0 Å². The molecule has 0 saturated carbocycles. The lowest BCUT2D eigenvalue weighted by Crippen LogP contribution is -2.36. The molecular formula is C13H15BrN4O2. The number of fused-ring (bicyclic) bond motifs is 1. The van der Waals surface area contributed by atoms with Crippen molar-refractivity contribution >= 4 is 38.6 Å². The van der Waals surface area contributed by atoms with Gasteiger partial charge in [0.05, 0.1) is 16.0 Å². The maximum Gasteiger partial charge on any atom is 0.271 e. The molecule has 1 fully saturated rings. The van der Waals surface area contributed by atoms with E-state index in [1.807, 2.05) is 0 Å². The minimum atomic E-state index is -0.387. The van der Waals surface area contributed by atoms with Crippen LogP contribution in [0, 0.1) is 16.0 Å². The van der Waals surface area contributed by atoms with Crippen LogP contribution in [0.5, 0.6) is 0 Å². The summed E-state index contributed by atoms with van der Waals surface area (Å²) in [6.45, 7) is 1.94. The highest BCUT2D eigenvalue weighted by atomic mass is 79.9. The first-order valence-corrected chi connectivity index (χ1v) is 7.74. The van der Waals surface area contributed by atoms with Gasteiger partial charge in [-0.15, -0.1) is 0 Å². The van der Waals surface area contributed by atoms with Gasteiger partial charge in [-0.25, -0.2) is 4.98 Å². The summed E-state index contributed by atoms with van der Waals surface area (Å²) < 4.78 is 0. The van der Waals surface area contributed by atoms with Crippen LogP contribution in [-0.4, -0.2) is 33.3 Å². The lowest BCUT2D eigenvalue weighted by molar-refractivity contribution is -0.384. The summed E-state index contributed by atoms with van der Waals surface area (Å²) in [4.78, 5) is 20.4. The van der Waals surface area contributed by atoms with Crippen molar-refractivity contribution in [3.63, 3.8) is 0 Å². The lowest BCUT2D eigenvalue weighted by atomic mass is 10.0. The van der Waals surface area contributed by atoms with Crippen LogP contribution < -0.4 is 4.90 Å². The second-order valence-electron chi connectivity index (χ2n) is 5.13. The quantitative estimate of drug-likeness (QED) is 0.530. The Hall–Kier alpha value is -1.63. The summed E-state index contributed by atoms with van der Waals surface area (Å²) >= 11 is 3.54. The Labute approximate surface area is 124 Å². The van der Waals surface area contributed by atoms with Gasteiger partial charge >= 0.3 is 0 Å². The molecule has 0 bridgehead atoms. The molecule has 1 aromatic carbocycles. The minimum absolute atomic E-state index is 0.0877. The van der Waals surface area contributed by atoms with E-state index in [9.17, 15) is 10.1 Å². The van der Waals surface area contributed by atoms with Crippen molar-refractivity contribution < 1.29 is 4.92 Å². The van der Waals surface area contributed by atoms with E-state index in [0.717, 1.165) is 41.8 Å². The van der Waals surface area contributed by atoms with E-state index >= 15 is 0 Å². The number of nitrogens with one attached hydrogen (secondary N) is 1. The number of halogens is 1. The largest absolute Gasteiger partial charge is 0.342 e. The summed E-state index contributed by atoms with van der Waals surface area (Å²) in [5, 5.41) is 11.8. The smallest absolute Gasteiger partial charge is 0.271 e. The number of anilines is 1. The molecule has 1 aliphatic heterocycles. The SMILES string of the molecule is O=[N+]([O-])c1ccc2nc(N3CCCC(CBr)C3)[nH]c2c1. The fourth-order valence-electron chi connectivity index (χ4n) is 2.63. The molecule has 0 aliphatic carbocycles. The zero-order valence-electron chi connectivity index (χ0n) is 10.9. The molecule has 1 aromatic heterocycles. The minimum Gasteiger partial charge on any atom is -0.342 e. The van der Waals surface area contributed by atoms with Gasteiger partial charge in [-0.05, 0) is 24.8 Å². The standard InChI is InChI=1S/C13H15BrN4O2/c14-7-9-2-1-5-17(8-9)13-15-11-4-3-10(18(19)20)6-12(11)16-13/h3-4,6,9H,1-2,5,7-8H2,(H,15,16). The average Bonchev–Trinajstić information content (AvgIpc) is 2.90. The molecule has 0 spiro atoms. The normalized spacial score (nSPS) is 19.4. The maximum atomic E-state index is 10.8. The summed E-state index contributed by atoms with van der Waals surface area (Å²) in [6, 6.07) is 4.72. The molecule has 1 unspecified atom stereocenters. The second kappa shape index (κ2) is 5.40. The highest BCUT2D eigenvalue weighted by Gasteiger charge is 2.21. The van der Waals surface area contributed by atoms with E-state index in [-0.39, 0.29) is 10.6 Å². The van der Waals surface area contributed by atoms with Gasteiger partial charge in [-0.3, -0.25) is 10.1 Å². The van der Waals surface area contributed by atoms with Crippen LogP contribution in [0.25, 0.3) is 11.0 Å². The summed E-state index contributed by atoms with van der Waals surface area (Å²) in [5.41, 5.74) is 1.58. The van der Waals surface area contributed by atoms with Crippen molar-refractivity contribution in [2.75, 3.05) is 23.3 Å². The molecule has 2 aromatic rings. The Balaban J connectivity index is 1.90. The van der Waals surface area contributed by atoms with Crippen molar-refractivity contribution in [3.8, 4) is 0 Å². The van der Waals surface area contributed by atoms with Crippen molar-refractivity contribution in [2.45, 2.75) is 12.8 Å². The van der Waals surface area contributed by atoms with Gasteiger partial charge in [0.25, 0.3) is 5.69 Å². The molecule has 1 atom stereocenters. The number of nitrogens with zero attached hydrogens (tertiary/aromatic N) is 3. The van der Waals surface area contributed by atoms with E-state index in [4.69, 9.17) is 0 Å². The Morgan fingerprint density at radius 3 is 3.15 bits per heavy atom. The first-order valence-electron chi connectivity index (χ1n) is 6.62. The number of piperidine rings is 1. The lowest BCUT2D eigenvalue weighted by Gasteiger charge is -2.31. The van der Waals surface area contributed by atoms with Crippen molar-refractivity contribution in [1.82, 2.24) is 9.97 Å². The van der Waals surface area contributed by atoms with E-state index < -0.39 is 0 Å². The van der Waals surface area contributed by atoms with Crippen LogP contribution in [-0.2, 0) is 0 Å². The number of aromatic amines is 1. The molecular weight excluding hydrogens is 324 g/mol. The topological polar surface area (TPSA) is 75.1 Å². The Morgan fingerprint density at radius 2 is 2.40 bits per heavy atom. The molecule has 6 nitrogen and oxygen atoms in total. The highest BCUT2D eigenvalue weighted by molar-refractivity contribution is 9.09. The van der Waals surface area contributed by atoms with Gasteiger partial charge in [-0.1, -0.05) is 15.9 Å². The Kier molecular flexibility index (Phi) is 3.60. The van der Waals surface area contributed by atoms with E-state index in [1.165, 1.54) is 18.6 Å². The number of aromatic nitrogens is 2. The molecule has 0 radical (unpaired) electrons. The number of benzene rings is 1. The third kappa shape index (κ3) is 2.49. The van der Waals surface area contributed by atoms with Crippen LogP contribution in [0.1, 0.15) is 12.8 Å². The van der Waals surface area contributed by atoms with Gasteiger partial charge in [0.1, 0.15) is 0 Å². The first-order chi connectivity index (χ1) is 9.67. The van der Waals surface area contributed by atoms with Gasteiger partial charge in [0.15, 0.2) is 0 Å². The second-order valence-corrected chi connectivity index (χ2v) is 5.78. The third-order valence-corrected chi connectivity index (χ3v) is 4.62. The molecule has 1 aliphatic rings. The summed E-state index contributed by atoms with van der Waals surface area (Å²) in [7, 11) is 0. The van der Waals surface area contributed by atoms with Crippen LogP contribution in [0.4, 0.5) is 11.6 Å². The fourth-order valence-corrected chi connectivity index (χ4v) is 3.16. The van der Waals surface area contributed by atoms with Gasteiger partial charge in [0, 0.05) is 30.6 Å². The molecule has 20 heavy (non-hydrogen) atoms. The number of alkyl halides is 1.